The van der Waals surface area contributed by atoms with Crippen LogP contribution in [-0.4, -0.2) is 23.3 Å². The Bertz CT molecular complexity index is 622. The molecule has 0 saturated heterocycles. The predicted molar refractivity (Wildman–Crippen MR) is 66.6 cm³/mol. The van der Waals surface area contributed by atoms with Gasteiger partial charge in [0.2, 0.25) is 5.78 Å². The number of hydrogen-bond donors (Lipinski definition) is 1. The molecule has 2 rings (SSSR count). The van der Waals surface area contributed by atoms with Crippen LogP contribution in [0.15, 0.2) is 42.6 Å². The number of esters is 1. The minimum atomic E-state index is -0.593. The predicted octanol–water partition coefficient (Wildman–Crippen LogP) is 1.93. The molecule has 1 N–H and O–H groups in total. The number of Topliss-reactive ketones (excluding diaryl/α,β-unsaturated/α-hetero) is 1. The van der Waals surface area contributed by atoms with Crippen molar-refractivity contribution in [1.82, 2.24) is 4.98 Å². The number of nitrogens with zero attached hydrogens (tertiary/aromatic N) is 1. The van der Waals surface area contributed by atoms with Crippen molar-refractivity contribution < 1.29 is 14.3 Å². The molecular formula is C14H10N2O3. The van der Waals surface area contributed by atoms with Gasteiger partial charge in [-0.1, -0.05) is 0 Å². The van der Waals surface area contributed by atoms with Gasteiger partial charge in [0.15, 0.2) is 6.61 Å². The molecule has 2 aromatic rings. The summed E-state index contributed by atoms with van der Waals surface area (Å²) in [6, 6.07) is 11.3. The number of rotatable bonds is 4. The number of carbonyl (C=O) groups excluding carboxylic acids is 2. The minimum absolute atomic E-state index is 0.299. The van der Waals surface area contributed by atoms with Gasteiger partial charge in [-0.05, 0) is 36.4 Å². The lowest BCUT2D eigenvalue weighted by molar-refractivity contribution is 0.0473. The summed E-state index contributed by atoms with van der Waals surface area (Å²) in [6.45, 7) is -0.320. The van der Waals surface area contributed by atoms with E-state index in [1.165, 1.54) is 24.3 Å². The van der Waals surface area contributed by atoms with Gasteiger partial charge in [-0.2, -0.15) is 5.26 Å². The fourth-order valence-electron chi connectivity index (χ4n) is 1.48. The zero-order chi connectivity index (χ0) is 13.7. The molecule has 0 amide bonds. The van der Waals surface area contributed by atoms with Gasteiger partial charge in [-0.15, -0.1) is 0 Å². The van der Waals surface area contributed by atoms with Crippen LogP contribution in [0.3, 0.4) is 0 Å². The van der Waals surface area contributed by atoms with Gasteiger partial charge in [0.1, 0.15) is 0 Å². The maximum absolute atomic E-state index is 11.7. The quantitative estimate of drug-likeness (QED) is 0.667. The molecule has 0 aliphatic rings. The van der Waals surface area contributed by atoms with Crippen LogP contribution in [-0.2, 0) is 4.74 Å². The van der Waals surface area contributed by atoms with Crippen molar-refractivity contribution in [3.8, 4) is 6.07 Å². The lowest BCUT2D eigenvalue weighted by atomic mass is 10.1. The summed E-state index contributed by atoms with van der Waals surface area (Å²) < 4.78 is 4.90. The molecule has 0 bridgehead atoms. The van der Waals surface area contributed by atoms with Gasteiger partial charge in [-0.3, -0.25) is 4.79 Å². The smallest absolute Gasteiger partial charge is 0.338 e. The maximum Gasteiger partial charge on any atom is 0.338 e. The number of carbonyl (C=O) groups is 2. The van der Waals surface area contributed by atoms with Crippen molar-refractivity contribution >= 4 is 11.8 Å². The molecule has 1 aromatic heterocycles. The first kappa shape index (κ1) is 12.6. The van der Waals surface area contributed by atoms with E-state index in [1.807, 2.05) is 6.07 Å². The summed E-state index contributed by atoms with van der Waals surface area (Å²) in [5.74, 6) is -0.892. The lowest BCUT2D eigenvalue weighted by Gasteiger charge is -2.03. The van der Waals surface area contributed by atoms with Crippen LogP contribution in [0.4, 0.5) is 0 Å². The number of ketones is 1. The number of benzene rings is 1. The number of ether oxygens (including phenoxy) is 1. The Morgan fingerprint density at radius 1 is 1.21 bits per heavy atom. The van der Waals surface area contributed by atoms with Gasteiger partial charge < -0.3 is 9.72 Å². The van der Waals surface area contributed by atoms with Gasteiger partial charge >= 0.3 is 5.97 Å². The van der Waals surface area contributed by atoms with Crippen LogP contribution in [0.25, 0.3) is 0 Å². The molecule has 0 spiro atoms. The number of nitriles is 1. The van der Waals surface area contributed by atoms with E-state index in [-0.39, 0.29) is 12.4 Å². The molecule has 94 valence electrons. The van der Waals surface area contributed by atoms with Crippen LogP contribution in [0.5, 0.6) is 0 Å². The van der Waals surface area contributed by atoms with Crippen LogP contribution < -0.4 is 0 Å². The second kappa shape index (κ2) is 5.65. The maximum atomic E-state index is 11.7. The molecule has 0 radical (unpaired) electrons. The van der Waals surface area contributed by atoms with E-state index in [0.29, 0.717) is 16.8 Å². The SMILES string of the molecule is N#Cc1ccc(C(=O)OCC(=O)c2ccc[nH]2)cc1. The molecule has 5 nitrogen and oxygen atoms in total. The highest BCUT2D eigenvalue weighted by Crippen LogP contribution is 2.06. The third-order valence-electron chi connectivity index (χ3n) is 2.48. The van der Waals surface area contributed by atoms with Crippen molar-refractivity contribution in [1.29, 1.82) is 5.26 Å². The van der Waals surface area contributed by atoms with Gasteiger partial charge in [0.05, 0.1) is 22.9 Å². The van der Waals surface area contributed by atoms with Crippen molar-refractivity contribution in [2.24, 2.45) is 0 Å². The van der Waals surface area contributed by atoms with Crippen molar-refractivity contribution in [2.45, 2.75) is 0 Å². The molecule has 0 aliphatic heterocycles. The lowest BCUT2D eigenvalue weighted by Crippen LogP contribution is -2.14. The van der Waals surface area contributed by atoms with E-state index < -0.39 is 5.97 Å². The Morgan fingerprint density at radius 3 is 2.53 bits per heavy atom. The summed E-state index contributed by atoms with van der Waals surface area (Å²) >= 11 is 0. The first-order valence-electron chi connectivity index (χ1n) is 5.54. The van der Waals surface area contributed by atoms with Gasteiger partial charge in [0.25, 0.3) is 0 Å². The fourth-order valence-corrected chi connectivity index (χ4v) is 1.48. The van der Waals surface area contributed by atoms with E-state index in [0.717, 1.165) is 0 Å². The Morgan fingerprint density at radius 2 is 1.95 bits per heavy atom. The summed E-state index contributed by atoms with van der Waals surface area (Å²) in [7, 11) is 0. The first-order valence-corrected chi connectivity index (χ1v) is 5.54. The Kier molecular flexibility index (Phi) is 3.74. The van der Waals surface area contributed by atoms with E-state index >= 15 is 0 Å². The highest BCUT2D eigenvalue weighted by molar-refractivity contribution is 5.98. The first-order chi connectivity index (χ1) is 9.20. The molecule has 0 aliphatic carbocycles. The van der Waals surface area contributed by atoms with Crippen molar-refractivity contribution in [3.63, 3.8) is 0 Å². The molecule has 0 atom stereocenters. The fraction of sp³-hybridized carbons (Fsp3) is 0.0714. The molecule has 19 heavy (non-hydrogen) atoms. The minimum Gasteiger partial charge on any atom is -0.454 e. The van der Waals surface area contributed by atoms with E-state index in [9.17, 15) is 9.59 Å². The van der Waals surface area contributed by atoms with E-state index in [2.05, 4.69) is 4.98 Å². The number of hydrogen-bond acceptors (Lipinski definition) is 4. The molecular weight excluding hydrogens is 244 g/mol. The number of H-pyrrole nitrogens is 1. The monoisotopic (exact) mass is 254 g/mol. The molecule has 0 unspecified atom stereocenters. The topological polar surface area (TPSA) is 82.9 Å². The third-order valence-corrected chi connectivity index (χ3v) is 2.48. The van der Waals surface area contributed by atoms with Crippen molar-refractivity contribution in [3.05, 3.63) is 59.4 Å². The molecule has 1 aromatic carbocycles. The Balaban J connectivity index is 1.94. The van der Waals surface area contributed by atoms with Crippen LogP contribution in [0, 0.1) is 11.3 Å². The highest BCUT2D eigenvalue weighted by Gasteiger charge is 2.12. The largest absolute Gasteiger partial charge is 0.454 e. The molecule has 0 saturated carbocycles. The Labute approximate surface area is 109 Å². The van der Waals surface area contributed by atoms with E-state index in [1.54, 1.807) is 18.3 Å². The van der Waals surface area contributed by atoms with Gasteiger partial charge in [0, 0.05) is 6.20 Å². The zero-order valence-corrected chi connectivity index (χ0v) is 9.92. The van der Waals surface area contributed by atoms with Crippen molar-refractivity contribution in [2.75, 3.05) is 6.61 Å². The average Bonchev–Trinajstić information content (AvgIpc) is 2.98. The second-order valence-electron chi connectivity index (χ2n) is 3.77. The number of aromatic amines is 1. The summed E-state index contributed by atoms with van der Waals surface area (Å²) in [6.07, 6.45) is 1.62. The number of aromatic nitrogens is 1. The van der Waals surface area contributed by atoms with Gasteiger partial charge in [-0.25, -0.2) is 4.79 Å². The summed E-state index contributed by atoms with van der Waals surface area (Å²) in [4.78, 5) is 26.0. The molecule has 5 heteroatoms. The second-order valence-corrected chi connectivity index (χ2v) is 3.77. The molecule has 1 heterocycles. The summed E-state index contributed by atoms with van der Waals surface area (Å²) in [5.41, 5.74) is 1.16. The molecule has 0 fully saturated rings. The third kappa shape index (κ3) is 3.07. The summed E-state index contributed by atoms with van der Waals surface area (Å²) in [5, 5.41) is 8.63. The average molecular weight is 254 g/mol. The van der Waals surface area contributed by atoms with Crippen LogP contribution in [0.2, 0.25) is 0 Å². The van der Waals surface area contributed by atoms with Crippen LogP contribution >= 0.6 is 0 Å². The normalized spacial score (nSPS) is 9.63. The standard InChI is InChI=1S/C14H10N2O3/c15-8-10-3-5-11(6-4-10)14(18)19-9-13(17)12-2-1-7-16-12/h1-7,16H,9H2. The zero-order valence-electron chi connectivity index (χ0n) is 9.92. The highest BCUT2D eigenvalue weighted by atomic mass is 16.5. The number of nitrogens with one attached hydrogen (secondary N) is 1. The van der Waals surface area contributed by atoms with Crippen LogP contribution in [0.1, 0.15) is 26.4 Å². The van der Waals surface area contributed by atoms with E-state index in [4.69, 9.17) is 10.00 Å². The Hall–Kier alpha value is -2.87.